The predicted molar refractivity (Wildman–Crippen MR) is 84.4 cm³/mol. The number of hydrogen-bond acceptors (Lipinski definition) is 4. The second kappa shape index (κ2) is 6.57. The molecular weight excluding hydrogens is 294 g/mol. The first-order chi connectivity index (χ1) is 9.52. The third-order valence-corrected chi connectivity index (χ3v) is 4.94. The van der Waals surface area contributed by atoms with Gasteiger partial charge < -0.3 is 4.74 Å². The van der Waals surface area contributed by atoms with Gasteiger partial charge in [-0.3, -0.25) is 9.69 Å². The molecule has 0 radical (unpaired) electrons. The second-order valence-corrected chi connectivity index (χ2v) is 6.42. The molecule has 0 aliphatic rings. The number of nitrogens with zero attached hydrogens (tertiary/aromatic N) is 1. The number of methoxy groups -OCH3 is 1. The summed E-state index contributed by atoms with van der Waals surface area (Å²) >= 11 is 8.12. The van der Waals surface area contributed by atoms with E-state index in [-0.39, 0.29) is 18.6 Å². The normalized spacial score (nSPS) is 11.5. The number of fused-ring (bicyclic) bond motifs is 1. The SMILES string of the molecule is COC(=O)CN(Cc1sc2ccccc2c1Cl)C(C)C. The number of ether oxygens (including phenoxy) is 1. The lowest BCUT2D eigenvalue weighted by molar-refractivity contribution is -0.142. The van der Waals surface area contributed by atoms with Gasteiger partial charge in [0.25, 0.3) is 0 Å². The minimum atomic E-state index is -0.226. The van der Waals surface area contributed by atoms with Crippen LogP contribution in [0.15, 0.2) is 24.3 Å². The van der Waals surface area contributed by atoms with E-state index < -0.39 is 0 Å². The summed E-state index contributed by atoms with van der Waals surface area (Å²) in [6.07, 6.45) is 0. The molecule has 3 nitrogen and oxygen atoms in total. The van der Waals surface area contributed by atoms with E-state index in [9.17, 15) is 4.79 Å². The molecule has 2 aromatic rings. The lowest BCUT2D eigenvalue weighted by Crippen LogP contribution is -2.35. The maximum Gasteiger partial charge on any atom is 0.319 e. The first kappa shape index (κ1) is 15.3. The van der Waals surface area contributed by atoms with E-state index in [0.29, 0.717) is 6.54 Å². The van der Waals surface area contributed by atoms with Crippen LogP contribution in [0.2, 0.25) is 5.02 Å². The molecule has 0 bridgehead atoms. The highest BCUT2D eigenvalue weighted by Gasteiger charge is 2.18. The molecule has 1 aromatic heterocycles. The Morgan fingerprint density at radius 2 is 2.10 bits per heavy atom. The van der Waals surface area contributed by atoms with Crippen molar-refractivity contribution in [3.8, 4) is 0 Å². The minimum Gasteiger partial charge on any atom is -0.468 e. The number of carbonyl (C=O) groups excluding carboxylic acids is 1. The smallest absolute Gasteiger partial charge is 0.319 e. The van der Waals surface area contributed by atoms with Crippen LogP contribution in [0.4, 0.5) is 0 Å². The fraction of sp³-hybridized carbons (Fsp3) is 0.400. The third kappa shape index (κ3) is 3.32. The average molecular weight is 312 g/mol. The zero-order chi connectivity index (χ0) is 14.7. The first-order valence-corrected chi connectivity index (χ1v) is 7.69. The highest BCUT2D eigenvalue weighted by molar-refractivity contribution is 7.19. The van der Waals surface area contributed by atoms with Gasteiger partial charge >= 0.3 is 5.97 Å². The molecule has 0 atom stereocenters. The van der Waals surface area contributed by atoms with Gasteiger partial charge in [-0.25, -0.2) is 0 Å². The van der Waals surface area contributed by atoms with Crippen LogP contribution in [0.25, 0.3) is 10.1 Å². The largest absolute Gasteiger partial charge is 0.468 e. The molecular formula is C15H18ClNO2S. The number of thiophene rings is 1. The summed E-state index contributed by atoms with van der Waals surface area (Å²) in [7, 11) is 1.41. The second-order valence-electron chi connectivity index (χ2n) is 4.91. The molecule has 0 aliphatic heterocycles. The molecule has 1 aromatic carbocycles. The van der Waals surface area contributed by atoms with Gasteiger partial charge in [0.05, 0.1) is 18.7 Å². The lowest BCUT2D eigenvalue weighted by Gasteiger charge is -2.24. The van der Waals surface area contributed by atoms with E-state index in [0.717, 1.165) is 15.3 Å². The molecule has 0 unspecified atom stereocenters. The zero-order valence-corrected chi connectivity index (χ0v) is 13.4. The van der Waals surface area contributed by atoms with Crippen LogP contribution in [0.3, 0.4) is 0 Å². The van der Waals surface area contributed by atoms with Gasteiger partial charge in [-0.15, -0.1) is 11.3 Å². The summed E-state index contributed by atoms with van der Waals surface area (Å²) in [5, 5.41) is 1.87. The van der Waals surface area contributed by atoms with E-state index in [1.54, 1.807) is 11.3 Å². The number of esters is 1. The molecule has 0 aliphatic carbocycles. The van der Waals surface area contributed by atoms with Crippen molar-refractivity contribution in [1.82, 2.24) is 4.90 Å². The predicted octanol–water partition coefficient (Wildman–Crippen LogP) is 3.94. The van der Waals surface area contributed by atoms with Gasteiger partial charge in [-0.05, 0) is 19.9 Å². The maximum atomic E-state index is 11.5. The minimum absolute atomic E-state index is 0.226. The molecule has 0 N–H and O–H groups in total. The number of halogens is 1. The van der Waals surface area contributed by atoms with Crippen molar-refractivity contribution >= 4 is 39.0 Å². The summed E-state index contributed by atoms with van der Waals surface area (Å²) in [5.74, 6) is -0.226. The van der Waals surface area contributed by atoms with Gasteiger partial charge in [-0.2, -0.15) is 0 Å². The van der Waals surface area contributed by atoms with Crippen molar-refractivity contribution in [2.24, 2.45) is 0 Å². The molecule has 108 valence electrons. The van der Waals surface area contributed by atoms with E-state index in [1.165, 1.54) is 11.8 Å². The molecule has 0 fully saturated rings. The van der Waals surface area contributed by atoms with Crippen molar-refractivity contribution in [2.75, 3.05) is 13.7 Å². The van der Waals surface area contributed by atoms with Gasteiger partial charge in [0.15, 0.2) is 0 Å². The lowest BCUT2D eigenvalue weighted by atomic mass is 10.2. The van der Waals surface area contributed by atoms with E-state index in [2.05, 4.69) is 24.8 Å². The van der Waals surface area contributed by atoms with Crippen LogP contribution in [0, 0.1) is 0 Å². The third-order valence-electron chi connectivity index (χ3n) is 3.24. The summed E-state index contributed by atoms with van der Waals surface area (Å²) < 4.78 is 5.92. The fourth-order valence-corrected chi connectivity index (χ4v) is 3.52. The summed E-state index contributed by atoms with van der Waals surface area (Å²) in [5.41, 5.74) is 0. The molecule has 0 spiro atoms. The molecule has 20 heavy (non-hydrogen) atoms. The van der Waals surface area contributed by atoms with Gasteiger partial charge in [0.2, 0.25) is 0 Å². The van der Waals surface area contributed by atoms with E-state index in [4.69, 9.17) is 16.3 Å². The zero-order valence-electron chi connectivity index (χ0n) is 11.9. The Kier molecular flexibility index (Phi) is 5.02. The van der Waals surface area contributed by atoms with E-state index in [1.807, 2.05) is 18.2 Å². The Labute approximate surface area is 128 Å². The molecule has 2 rings (SSSR count). The standard InChI is InChI=1S/C15H18ClNO2S/c1-10(2)17(9-14(18)19-3)8-13-15(16)11-6-4-5-7-12(11)20-13/h4-7,10H,8-9H2,1-3H3. The van der Waals surface area contributed by atoms with Crippen molar-refractivity contribution in [1.29, 1.82) is 0 Å². The van der Waals surface area contributed by atoms with Gasteiger partial charge in [-0.1, -0.05) is 29.8 Å². The molecule has 5 heteroatoms. The van der Waals surface area contributed by atoms with Gasteiger partial charge in [0.1, 0.15) is 0 Å². The molecule has 0 saturated carbocycles. The molecule has 0 amide bonds. The first-order valence-electron chi connectivity index (χ1n) is 6.49. The van der Waals surface area contributed by atoms with Crippen molar-refractivity contribution in [2.45, 2.75) is 26.4 Å². The fourth-order valence-electron chi connectivity index (χ4n) is 2.00. The number of rotatable bonds is 5. The Morgan fingerprint density at radius 3 is 2.70 bits per heavy atom. The topological polar surface area (TPSA) is 29.5 Å². The summed E-state index contributed by atoms with van der Waals surface area (Å²) in [4.78, 5) is 14.6. The Morgan fingerprint density at radius 1 is 1.40 bits per heavy atom. The monoisotopic (exact) mass is 311 g/mol. The van der Waals surface area contributed by atoms with Gasteiger partial charge in [0, 0.05) is 27.5 Å². The van der Waals surface area contributed by atoms with Crippen LogP contribution in [0.1, 0.15) is 18.7 Å². The Hall–Kier alpha value is -1.10. The van der Waals surface area contributed by atoms with Crippen LogP contribution >= 0.6 is 22.9 Å². The Bertz CT molecular complexity index is 609. The molecule has 1 heterocycles. The van der Waals surface area contributed by atoms with Crippen molar-refractivity contribution < 1.29 is 9.53 Å². The van der Waals surface area contributed by atoms with E-state index >= 15 is 0 Å². The van der Waals surface area contributed by atoms with Crippen LogP contribution in [-0.4, -0.2) is 30.6 Å². The molecule has 0 saturated heterocycles. The number of benzene rings is 1. The summed E-state index contributed by atoms with van der Waals surface area (Å²) in [6, 6.07) is 8.33. The van der Waals surface area contributed by atoms with Crippen molar-refractivity contribution in [3.05, 3.63) is 34.2 Å². The quantitative estimate of drug-likeness (QED) is 0.783. The summed E-state index contributed by atoms with van der Waals surface area (Å²) in [6.45, 7) is 5.05. The van der Waals surface area contributed by atoms with Crippen LogP contribution in [-0.2, 0) is 16.1 Å². The number of hydrogen-bond donors (Lipinski definition) is 0. The highest BCUT2D eigenvalue weighted by Crippen LogP contribution is 2.36. The Balaban J connectivity index is 2.24. The van der Waals surface area contributed by atoms with Crippen LogP contribution < -0.4 is 0 Å². The van der Waals surface area contributed by atoms with Crippen molar-refractivity contribution in [3.63, 3.8) is 0 Å². The average Bonchev–Trinajstić information content (AvgIpc) is 2.75. The maximum absolute atomic E-state index is 11.5. The van der Waals surface area contributed by atoms with Crippen LogP contribution in [0.5, 0.6) is 0 Å². The highest BCUT2D eigenvalue weighted by atomic mass is 35.5. The number of carbonyl (C=O) groups is 1.